The largest absolute Gasteiger partial charge is 0.490 e. The maximum atomic E-state index is 11.0. The van der Waals surface area contributed by atoms with E-state index in [4.69, 9.17) is 15.0 Å². The van der Waals surface area contributed by atoms with Gasteiger partial charge in [-0.25, -0.2) is 0 Å². The molecule has 36 heavy (non-hydrogen) atoms. The highest BCUT2D eigenvalue weighted by atomic mass is 32.1. The minimum Gasteiger partial charge on any atom is -0.490 e. The highest BCUT2D eigenvalue weighted by Crippen LogP contribution is 2.34. The number of likely N-dealkylation sites (tertiary alicyclic amines) is 1. The summed E-state index contributed by atoms with van der Waals surface area (Å²) in [5, 5.41) is 23.8. The van der Waals surface area contributed by atoms with Crippen LogP contribution in [0.2, 0.25) is 0 Å². The van der Waals surface area contributed by atoms with E-state index in [0.29, 0.717) is 17.5 Å². The number of thiophene rings is 1. The molecule has 1 saturated heterocycles. The van der Waals surface area contributed by atoms with Crippen molar-refractivity contribution in [3.8, 4) is 27.9 Å². The lowest BCUT2D eigenvalue weighted by Gasteiger charge is -2.26. The van der Waals surface area contributed by atoms with E-state index in [0.717, 1.165) is 41.2 Å². The topological polar surface area (TPSA) is 135 Å². The van der Waals surface area contributed by atoms with E-state index >= 15 is 0 Å². The summed E-state index contributed by atoms with van der Waals surface area (Å²) >= 11 is 1.71. The molecule has 0 bridgehead atoms. The lowest BCUT2D eigenvalue weighted by atomic mass is 10.1. The Morgan fingerprint density at radius 3 is 2.50 bits per heavy atom. The van der Waals surface area contributed by atoms with Crippen molar-refractivity contribution in [1.82, 2.24) is 15.0 Å². The Balaban J connectivity index is 1.44. The van der Waals surface area contributed by atoms with Crippen molar-refractivity contribution in [2.45, 2.75) is 65.2 Å². The maximum absolute atomic E-state index is 11.0. The summed E-state index contributed by atoms with van der Waals surface area (Å²) in [6.07, 6.45) is 1.25. The van der Waals surface area contributed by atoms with Crippen LogP contribution in [0.15, 0.2) is 22.7 Å². The van der Waals surface area contributed by atoms with Gasteiger partial charge in [-0.15, -0.1) is 11.3 Å². The zero-order valence-electron chi connectivity index (χ0n) is 21.0. The number of ether oxygens (including phenoxy) is 1. The fraction of sp³-hybridized carbons (Fsp3) is 0.500. The van der Waals surface area contributed by atoms with Crippen molar-refractivity contribution in [3.05, 3.63) is 39.8 Å². The van der Waals surface area contributed by atoms with E-state index in [1.807, 2.05) is 26.0 Å². The number of nitrogens with zero attached hydrogens (tertiary/aromatic N) is 3. The molecule has 1 fully saturated rings. The molecule has 1 amide bonds. The molecule has 4 rings (SSSR count). The van der Waals surface area contributed by atoms with Crippen molar-refractivity contribution < 1.29 is 24.3 Å². The summed E-state index contributed by atoms with van der Waals surface area (Å²) in [6.45, 7) is 9.13. The molecule has 3 heterocycles. The van der Waals surface area contributed by atoms with Crippen LogP contribution in [0.3, 0.4) is 0 Å². The summed E-state index contributed by atoms with van der Waals surface area (Å²) in [4.78, 5) is 20.5. The van der Waals surface area contributed by atoms with Gasteiger partial charge in [0.2, 0.25) is 11.7 Å². The maximum Gasteiger partial charge on any atom is 0.268 e. The van der Waals surface area contributed by atoms with Crippen LogP contribution in [0.5, 0.6) is 5.75 Å². The zero-order chi connectivity index (χ0) is 25.8. The number of amides is 1. The first-order chi connectivity index (χ1) is 17.2. The van der Waals surface area contributed by atoms with Crippen molar-refractivity contribution in [3.63, 3.8) is 0 Å². The molecule has 2 atom stereocenters. The van der Waals surface area contributed by atoms with Crippen LogP contribution in [0.4, 0.5) is 0 Å². The predicted molar refractivity (Wildman–Crippen MR) is 138 cm³/mol. The number of piperidine rings is 1. The van der Waals surface area contributed by atoms with Crippen LogP contribution >= 0.6 is 11.3 Å². The lowest BCUT2D eigenvalue weighted by Crippen LogP contribution is -2.33. The molecule has 0 saturated carbocycles. The number of carbonyl (C=O) groups is 1. The van der Waals surface area contributed by atoms with Gasteiger partial charge < -0.3 is 25.2 Å². The third kappa shape index (κ3) is 6.31. The number of aliphatic hydroxyl groups is 2. The summed E-state index contributed by atoms with van der Waals surface area (Å²) in [6, 6.07) is 5.93. The molecule has 3 aromatic rings. The molecule has 0 spiro atoms. The Morgan fingerprint density at radius 2 is 1.83 bits per heavy atom. The van der Waals surface area contributed by atoms with Crippen LogP contribution in [0.25, 0.3) is 22.2 Å². The number of aliphatic hydroxyl groups excluding tert-OH is 2. The molecule has 2 aromatic heterocycles. The van der Waals surface area contributed by atoms with Gasteiger partial charge in [0.15, 0.2) is 0 Å². The van der Waals surface area contributed by atoms with Gasteiger partial charge in [0.1, 0.15) is 18.5 Å². The molecule has 1 aliphatic heterocycles. The number of hydrogen-bond donors (Lipinski definition) is 3. The Labute approximate surface area is 214 Å². The molecule has 194 valence electrons. The molecule has 1 unspecified atom stereocenters. The average molecular weight is 515 g/mol. The summed E-state index contributed by atoms with van der Waals surface area (Å²) in [5.41, 5.74) is 8.77. The Kier molecular flexibility index (Phi) is 8.40. The first kappa shape index (κ1) is 26.3. The van der Waals surface area contributed by atoms with E-state index in [1.54, 1.807) is 11.3 Å². The Hall–Kier alpha value is -2.79. The fourth-order valence-corrected chi connectivity index (χ4v) is 5.61. The number of carbonyl (C=O) groups excluding carboxylic acids is 1. The Morgan fingerprint density at radius 1 is 1.14 bits per heavy atom. The number of aryl methyl sites for hydroxylation is 3. The van der Waals surface area contributed by atoms with E-state index in [9.17, 15) is 15.0 Å². The number of benzene rings is 1. The zero-order valence-corrected chi connectivity index (χ0v) is 21.8. The van der Waals surface area contributed by atoms with Crippen LogP contribution in [0, 0.1) is 20.8 Å². The molecule has 10 heteroatoms. The van der Waals surface area contributed by atoms with Crippen LogP contribution in [0.1, 0.15) is 47.3 Å². The smallest absolute Gasteiger partial charge is 0.268 e. The third-order valence-electron chi connectivity index (χ3n) is 6.44. The van der Waals surface area contributed by atoms with E-state index < -0.39 is 18.1 Å². The van der Waals surface area contributed by atoms with E-state index in [-0.39, 0.29) is 13.0 Å². The lowest BCUT2D eigenvalue weighted by molar-refractivity contribution is -0.127. The predicted octanol–water partition coefficient (Wildman–Crippen LogP) is 3.35. The highest BCUT2D eigenvalue weighted by Gasteiger charge is 2.20. The van der Waals surface area contributed by atoms with Gasteiger partial charge in [-0.3, -0.25) is 9.69 Å². The van der Waals surface area contributed by atoms with Crippen molar-refractivity contribution in [1.29, 1.82) is 0 Å². The molecule has 0 radical (unpaired) electrons. The second-order valence-electron chi connectivity index (χ2n) is 9.53. The Bertz CT molecular complexity index is 1180. The number of nitrogens with two attached hydrogens (primary N) is 1. The molecular weight excluding hydrogens is 480 g/mol. The van der Waals surface area contributed by atoms with E-state index in [2.05, 4.69) is 28.0 Å². The first-order valence-corrected chi connectivity index (χ1v) is 13.1. The van der Waals surface area contributed by atoms with Gasteiger partial charge in [0.05, 0.1) is 11.0 Å². The standard InChI is InChI=1S/C26H34N4O5S/c1-15-11-21(36-22(15)13-30-7-5-4-6-8-30)26-28-25(29-35-26)18-9-16(2)23(17(3)10-18)34-14-19(31)12-20(32)24(27)33/h9-11,19-20,31-32H,4-8,12-14H2,1-3H3,(H2,27,33)/t19-,20?/m0/s1. The van der Waals surface area contributed by atoms with Gasteiger partial charge in [0.25, 0.3) is 5.89 Å². The van der Waals surface area contributed by atoms with Crippen molar-refractivity contribution >= 4 is 17.2 Å². The normalized spacial score (nSPS) is 16.1. The monoisotopic (exact) mass is 514 g/mol. The van der Waals surface area contributed by atoms with Crippen LogP contribution in [-0.4, -0.2) is 63.1 Å². The molecule has 9 nitrogen and oxygen atoms in total. The summed E-state index contributed by atoms with van der Waals surface area (Å²) in [7, 11) is 0. The molecule has 1 aromatic carbocycles. The van der Waals surface area contributed by atoms with Crippen LogP contribution < -0.4 is 10.5 Å². The minimum absolute atomic E-state index is 0.0742. The first-order valence-electron chi connectivity index (χ1n) is 12.3. The van der Waals surface area contributed by atoms with Gasteiger partial charge in [-0.05, 0) is 81.6 Å². The van der Waals surface area contributed by atoms with Gasteiger partial charge in [-0.2, -0.15) is 4.98 Å². The number of rotatable bonds is 10. The number of hydrogen-bond acceptors (Lipinski definition) is 9. The molecule has 1 aliphatic rings. The van der Waals surface area contributed by atoms with Gasteiger partial charge >= 0.3 is 0 Å². The van der Waals surface area contributed by atoms with Gasteiger partial charge in [-0.1, -0.05) is 11.6 Å². The summed E-state index contributed by atoms with van der Waals surface area (Å²) in [5.74, 6) is 0.748. The second-order valence-corrected chi connectivity index (χ2v) is 10.7. The van der Waals surface area contributed by atoms with Crippen LogP contribution in [-0.2, 0) is 11.3 Å². The number of primary amides is 1. The fourth-order valence-electron chi connectivity index (χ4n) is 4.47. The van der Waals surface area contributed by atoms with Crippen molar-refractivity contribution in [2.75, 3.05) is 19.7 Å². The van der Waals surface area contributed by atoms with Crippen molar-refractivity contribution in [2.24, 2.45) is 5.73 Å². The van der Waals surface area contributed by atoms with Gasteiger partial charge in [0, 0.05) is 23.4 Å². The van der Waals surface area contributed by atoms with E-state index in [1.165, 1.54) is 29.7 Å². The molecular formula is C26H34N4O5S. The third-order valence-corrected chi connectivity index (χ3v) is 7.65. The minimum atomic E-state index is -1.41. The summed E-state index contributed by atoms with van der Waals surface area (Å²) < 4.78 is 11.4. The average Bonchev–Trinajstić information content (AvgIpc) is 3.46. The highest BCUT2D eigenvalue weighted by molar-refractivity contribution is 7.15. The molecule has 0 aliphatic carbocycles. The number of aromatic nitrogens is 2. The quantitative estimate of drug-likeness (QED) is 0.375. The second kappa shape index (κ2) is 11.5. The molecule has 4 N–H and O–H groups in total. The SMILES string of the molecule is Cc1cc(-c2nc(-c3cc(C)c(OC[C@@H](O)CC(O)C(N)=O)c(C)c3)no2)sc1CN1CCCCC1.